The first kappa shape index (κ1) is 23.0. The van der Waals surface area contributed by atoms with Gasteiger partial charge in [-0.15, -0.1) is 0 Å². The Hall–Kier alpha value is -3.80. The molecule has 0 aliphatic carbocycles. The van der Waals surface area contributed by atoms with Gasteiger partial charge in [-0.1, -0.05) is 49.9 Å². The second-order valence-electron chi connectivity index (χ2n) is 9.07. The Morgan fingerprint density at radius 1 is 1.00 bits per heavy atom. The first-order valence-corrected chi connectivity index (χ1v) is 12.2. The summed E-state index contributed by atoms with van der Waals surface area (Å²) in [5, 5.41) is 0.480. The fraction of sp³-hybridized carbons (Fsp3) is 0.310. The number of nitrogens with zero attached hydrogens (tertiary/aromatic N) is 1. The van der Waals surface area contributed by atoms with Crippen LogP contribution in [0.15, 0.2) is 74.5 Å². The molecule has 35 heavy (non-hydrogen) atoms. The average Bonchev–Trinajstić information content (AvgIpc) is 3.47. The minimum absolute atomic E-state index is 0.0964. The molecule has 4 aromatic rings. The van der Waals surface area contributed by atoms with Crippen molar-refractivity contribution in [3.8, 4) is 5.75 Å². The number of carbonyl (C=O) groups is 1. The average molecular weight is 472 g/mol. The summed E-state index contributed by atoms with van der Waals surface area (Å²) in [4.78, 5) is 28.8. The van der Waals surface area contributed by atoms with Crippen LogP contribution in [0.25, 0.3) is 11.0 Å². The summed E-state index contributed by atoms with van der Waals surface area (Å²) in [5.74, 6) is 1.18. The molecule has 6 heteroatoms. The van der Waals surface area contributed by atoms with Crippen LogP contribution >= 0.6 is 0 Å². The number of aryl methyl sites for hydroxylation is 1. The summed E-state index contributed by atoms with van der Waals surface area (Å²) >= 11 is 0. The molecule has 3 heterocycles. The van der Waals surface area contributed by atoms with Gasteiger partial charge in [0.05, 0.1) is 36.4 Å². The summed E-state index contributed by atoms with van der Waals surface area (Å²) < 4.78 is 17.4. The van der Waals surface area contributed by atoms with E-state index >= 15 is 0 Å². The largest absolute Gasteiger partial charge is 0.494 e. The monoisotopic (exact) mass is 471 g/mol. The standard InChI is InChI=1S/C29H29NO5/c1-3-4-5-6-15-33-21-12-10-20(11-13-21)26-25-27(31)23-17-19(2)9-14-24(23)35-28(25)29(32)30(26)18-22-8-7-16-34-22/h7-14,16-17,26H,3-6,15,18H2,1-2H3. The molecule has 0 spiro atoms. The van der Waals surface area contributed by atoms with Crippen LogP contribution in [0.4, 0.5) is 0 Å². The molecule has 0 fully saturated rings. The molecule has 1 atom stereocenters. The maximum absolute atomic E-state index is 13.7. The zero-order chi connectivity index (χ0) is 24.4. The van der Waals surface area contributed by atoms with Crippen LogP contribution in [-0.4, -0.2) is 17.4 Å². The third kappa shape index (κ3) is 4.48. The molecule has 2 aromatic heterocycles. The molecule has 0 saturated carbocycles. The van der Waals surface area contributed by atoms with Gasteiger partial charge in [0.15, 0.2) is 5.43 Å². The molecule has 0 bridgehead atoms. The van der Waals surface area contributed by atoms with E-state index in [0.717, 1.165) is 29.7 Å². The van der Waals surface area contributed by atoms with Crippen LogP contribution < -0.4 is 10.2 Å². The highest BCUT2D eigenvalue weighted by Crippen LogP contribution is 2.39. The van der Waals surface area contributed by atoms with Gasteiger partial charge in [-0.3, -0.25) is 9.59 Å². The molecule has 1 aliphatic heterocycles. The first-order valence-electron chi connectivity index (χ1n) is 12.2. The van der Waals surface area contributed by atoms with Gasteiger partial charge in [-0.05, 0) is 55.3 Å². The number of furan rings is 1. The van der Waals surface area contributed by atoms with Crippen molar-refractivity contribution in [2.24, 2.45) is 0 Å². The van der Waals surface area contributed by atoms with E-state index in [4.69, 9.17) is 13.6 Å². The van der Waals surface area contributed by atoms with Gasteiger partial charge in [-0.2, -0.15) is 0 Å². The highest BCUT2D eigenvalue weighted by molar-refractivity contribution is 5.99. The number of benzene rings is 2. The molecular formula is C29H29NO5. The van der Waals surface area contributed by atoms with Crippen molar-refractivity contribution in [2.45, 2.75) is 52.1 Å². The number of unbranched alkanes of at least 4 members (excludes halogenated alkanes) is 3. The summed E-state index contributed by atoms with van der Waals surface area (Å²) in [7, 11) is 0. The summed E-state index contributed by atoms with van der Waals surface area (Å²) in [6, 6.07) is 16.1. The highest BCUT2D eigenvalue weighted by atomic mass is 16.5. The maximum atomic E-state index is 13.7. The molecule has 5 rings (SSSR count). The second-order valence-corrected chi connectivity index (χ2v) is 9.07. The highest BCUT2D eigenvalue weighted by Gasteiger charge is 2.43. The van der Waals surface area contributed by atoms with Gasteiger partial charge in [0.2, 0.25) is 5.76 Å². The third-order valence-electron chi connectivity index (χ3n) is 6.49. The molecule has 1 amide bonds. The Morgan fingerprint density at radius 3 is 2.57 bits per heavy atom. The van der Waals surface area contributed by atoms with Crippen molar-refractivity contribution < 1.29 is 18.4 Å². The number of carbonyl (C=O) groups excluding carboxylic acids is 1. The van der Waals surface area contributed by atoms with E-state index < -0.39 is 6.04 Å². The Bertz CT molecular complexity index is 1390. The van der Waals surface area contributed by atoms with E-state index in [1.807, 2.05) is 49.4 Å². The van der Waals surface area contributed by atoms with E-state index in [1.165, 1.54) is 12.8 Å². The first-order chi connectivity index (χ1) is 17.1. The zero-order valence-corrected chi connectivity index (χ0v) is 20.1. The van der Waals surface area contributed by atoms with Gasteiger partial charge in [0.25, 0.3) is 5.91 Å². The predicted molar refractivity (Wildman–Crippen MR) is 134 cm³/mol. The van der Waals surface area contributed by atoms with Crippen LogP contribution in [0, 0.1) is 6.92 Å². The fourth-order valence-electron chi connectivity index (χ4n) is 4.68. The molecule has 1 aliphatic rings. The van der Waals surface area contributed by atoms with Crippen molar-refractivity contribution >= 4 is 16.9 Å². The Balaban J connectivity index is 1.52. The summed E-state index contributed by atoms with van der Waals surface area (Å²) in [6.07, 6.45) is 6.14. The van der Waals surface area contributed by atoms with Gasteiger partial charge in [0, 0.05) is 0 Å². The van der Waals surface area contributed by atoms with E-state index in [0.29, 0.717) is 28.9 Å². The zero-order valence-electron chi connectivity index (χ0n) is 20.1. The minimum atomic E-state index is -0.581. The van der Waals surface area contributed by atoms with Crippen molar-refractivity contribution in [1.29, 1.82) is 0 Å². The topological polar surface area (TPSA) is 72.9 Å². The molecule has 2 aromatic carbocycles. The van der Waals surface area contributed by atoms with Crippen molar-refractivity contribution in [3.05, 3.63) is 99.3 Å². The van der Waals surface area contributed by atoms with Gasteiger partial charge in [0.1, 0.15) is 17.1 Å². The van der Waals surface area contributed by atoms with Gasteiger partial charge >= 0.3 is 0 Å². The number of hydrogen-bond donors (Lipinski definition) is 0. The van der Waals surface area contributed by atoms with Crippen LogP contribution in [0.1, 0.15) is 71.7 Å². The van der Waals surface area contributed by atoms with E-state index in [2.05, 4.69) is 6.92 Å². The minimum Gasteiger partial charge on any atom is -0.494 e. The Morgan fingerprint density at radius 2 is 1.83 bits per heavy atom. The van der Waals surface area contributed by atoms with Crippen molar-refractivity contribution in [1.82, 2.24) is 4.90 Å². The van der Waals surface area contributed by atoms with E-state index in [1.54, 1.807) is 23.3 Å². The molecule has 6 nitrogen and oxygen atoms in total. The number of rotatable bonds is 9. The number of fused-ring (bicyclic) bond motifs is 2. The molecule has 0 N–H and O–H groups in total. The van der Waals surface area contributed by atoms with Gasteiger partial charge in [-0.25, -0.2) is 0 Å². The Kier molecular flexibility index (Phi) is 6.45. The quantitative estimate of drug-likeness (QED) is 0.264. The smallest absolute Gasteiger partial charge is 0.291 e. The lowest BCUT2D eigenvalue weighted by Gasteiger charge is -2.24. The lowest BCUT2D eigenvalue weighted by Crippen LogP contribution is -2.29. The maximum Gasteiger partial charge on any atom is 0.291 e. The Labute approximate surface area is 204 Å². The van der Waals surface area contributed by atoms with Crippen molar-refractivity contribution in [2.75, 3.05) is 6.61 Å². The molecule has 1 unspecified atom stereocenters. The normalized spacial score (nSPS) is 15.1. The van der Waals surface area contributed by atoms with E-state index in [-0.39, 0.29) is 23.6 Å². The second kappa shape index (κ2) is 9.82. The lowest BCUT2D eigenvalue weighted by molar-refractivity contribution is 0.0701. The number of amides is 1. The summed E-state index contributed by atoms with van der Waals surface area (Å²) in [5.41, 5.74) is 2.38. The lowest BCUT2D eigenvalue weighted by atomic mass is 9.98. The molecular weight excluding hydrogens is 442 g/mol. The van der Waals surface area contributed by atoms with Crippen LogP contribution in [0.3, 0.4) is 0 Å². The number of hydrogen-bond acceptors (Lipinski definition) is 5. The summed E-state index contributed by atoms with van der Waals surface area (Å²) in [6.45, 7) is 5.01. The van der Waals surface area contributed by atoms with Crippen LogP contribution in [-0.2, 0) is 6.54 Å². The van der Waals surface area contributed by atoms with Crippen LogP contribution in [0.2, 0.25) is 0 Å². The molecule has 0 saturated heterocycles. The van der Waals surface area contributed by atoms with Crippen molar-refractivity contribution in [3.63, 3.8) is 0 Å². The molecule has 180 valence electrons. The fourth-order valence-corrected chi connectivity index (χ4v) is 4.68. The predicted octanol–water partition coefficient (Wildman–Crippen LogP) is 6.40. The number of ether oxygens (including phenoxy) is 1. The molecule has 0 radical (unpaired) electrons. The van der Waals surface area contributed by atoms with E-state index in [9.17, 15) is 9.59 Å². The van der Waals surface area contributed by atoms with Crippen LogP contribution in [0.5, 0.6) is 5.75 Å². The SMILES string of the molecule is CCCCCCOc1ccc(C2c3c(oc4ccc(C)cc4c3=O)C(=O)N2Cc2ccco2)cc1. The third-order valence-corrected chi connectivity index (χ3v) is 6.49. The van der Waals surface area contributed by atoms with Gasteiger partial charge < -0.3 is 18.5 Å².